The first-order valence-electron chi connectivity index (χ1n) is 14.3. The average molecular weight is 533 g/mol. The third-order valence-electron chi connectivity index (χ3n) is 8.45. The summed E-state index contributed by atoms with van der Waals surface area (Å²) >= 11 is 0. The van der Waals surface area contributed by atoms with Crippen LogP contribution in [0.4, 0.5) is 0 Å². The molecule has 0 radical (unpaired) electrons. The number of nitrogens with zero attached hydrogens (tertiary/aromatic N) is 2. The van der Waals surface area contributed by atoms with Gasteiger partial charge in [-0.2, -0.15) is 0 Å². The Bertz CT molecular complexity index is 1320. The molecule has 7 heteroatoms. The number of piperidine rings is 2. The molecule has 1 aromatic heterocycles. The van der Waals surface area contributed by atoms with Gasteiger partial charge in [0.05, 0.1) is 6.61 Å². The van der Waals surface area contributed by atoms with Crippen molar-refractivity contribution in [3.63, 3.8) is 0 Å². The van der Waals surface area contributed by atoms with Gasteiger partial charge in [0, 0.05) is 49.7 Å². The Labute approximate surface area is 230 Å². The second-order valence-electron chi connectivity index (χ2n) is 10.9. The molecule has 0 aliphatic carbocycles. The van der Waals surface area contributed by atoms with E-state index in [1.54, 1.807) is 13.2 Å². The number of amides is 1. The van der Waals surface area contributed by atoms with E-state index in [0.717, 1.165) is 29.5 Å². The largest absolute Gasteiger partial charge is 0.484 e. The lowest BCUT2D eigenvalue weighted by atomic mass is 9.83. The molecule has 0 saturated carbocycles. The van der Waals surface area contributed by atoms with Crippen LogP contribution in [-0.2, 0) is 16.0 Å². The van der Waals surface area contributed by atoms with Gasteiger partial charge in [0.25, 0.3) is 5.91 Å². The molecule has 2 atom stereocenters. The minimum absolute atomic E-state index is 0.0454. The van der Waals surface area contributed by atoms with E-state index in [4.69, 9.17) is 13.9 Å². The van der Waals surface area contributed by atoms with Crippen molar-refractivity contribution >= 4 is 16.9 Å². The van der Waals surface area contributed by atoms with E-state index < -0.39 is 0 Å². The van der Waals surface area contributed by atoms with Gasteiger partial charge in [0.1, 0.15) is 11.3 Å². The van der Waals surface area contributed by atoms with Crippen molar-refractivity contribution in [3.8, 4) is 5.75 Å². The first-order chi connectivity index (χ1) is 19.0. The van der Waals surface area contributed by atoms with Crippen LogP contribution in [-0.4, -0.2) is 68.3 Å². The summed E-state index contributed by atoms with van der Waals surface area (Å²) in [5, 5.41) is 0.871. The summed E-state index contributed by atoms with van der Waals surface area (Å²) in [6.07, 6.45) is 6.66. The third kappa shape index (κ3) is 6.53. The lowest BCUT2D eigenvalue weighted by Crippen LogP contribution is -2.52. The van der Waals surface area contributed by atoms with Crippen LogP contribution in [0.3, 0.4) is 0 Å². The zero-order chi connectivity index (χ0) is 27.2. The van der Waals surface area contributed by atoms with Crippen LogP contribution in [0.2, 0.25) is 0 Å². The van der Waals surface area contributed by atoms with Gasteiger partial charge >= 0.3 is 5.63 Å². The van der Waals surface area contributed by atoms with Crippen LogP contribution in [0, 0.1) is 12.8 Å². The molecule has 0 N–H and O–H groups in total. The van der Waals surface area contributed by atoms with Crippen molar-refractivity contribution in [2.24, 2.45) is 5.92 Å². The highest BCUT2D eigenvalue weighted by molar-refractivity contribution is 5.83. The second-order valence-corrected chi connectivity index (χ2v) is 10.9. The van der Waals surface area contributed by atoms with E-state index in [-0.39, 0.29) is 18.1 Å². The SMILES string of the molecule is COCCN(CC1CCCN2CCCCC12)C(=O)COc1ccc2c(C)c(Cc3ccccc3)c(=O)oc2c1. The summed E-state index contributed by atoms with van der Waals surface area (Å²) in [6, 6.07) is 15.9. The summed E-state index contributed by atoms with van der Waals surface area (Å²) in [5.74, 6) is 0.954. The van der Waals surface area contributed by atoms with E-state index in [1.165, 1.54) is 38.8 Å². The Morgan fingerprint density at radius 3 is 2.72 bits per heavy atom. The number of carbonyl (C=O) groups excluding carboxylic acids is 1. The predicted molar refractivity (Wildman–Crippen MR) is 152 cm³/mol. The molecule has 0 bridgehead atoms. The molecule has 7 nitrogen and oxygen atoms in total. The molecular formula is C32H40N2O5. The molecule has 2 aliphatic rings. The number of rotatable bonds is 10. The molecular weight excluding hydrogens is 492 g/mol. The van der Waals surface area contributed by atoms with E-state index in [9.17, 15) is 9.59 Å². The van der Waals surface area contributed by atoms with Gasteiger partial charge in [-0.15, -0.1) is 0 Å². The Kier molecular flexibility index (Phi) is 8.99. The number of benzene rings is 2. The van der Waals surface area contributed by atoms with Crippen molar-refractivity contribution in [2.45, 2.75) is 51.5 Å². The van der Waals surface area contributed by atoms with Crippen molar-refractivity contribution in [1.82, 2.24) is 9.80 Å². The van der Waals surface area contributed by atoms with Gasteiger partial charge in [0.2, 0.25) is 0 Å². The molecule has 2 aliphatic heterocycles. The van der Waals surface area contributed by atoms with Gasteiger partial charge in [-0.25, -0.2) is 4.79 Å². The van der Waals surface area contributed by atoms with Crippen LogP contribution >= 0.6 is 0 Å². The molecule has 208 valence electrons. The van der Waals surface area contributed by atoms with E-state index in [2.05, 4.69) is 4.90 Å². The van der Waals surface area contributed by atoms with Gasteiger partial charge in [-0.3, -0.25) is 4.79 Å². The lowest BCUT2D eigenvalue weighted by molar-refractivity contribution is -0.135. The van der Waals surface area contributed by atoms with E-state index in [1.807, 2.05) is 54.3 Å². The van der Waals surface area contributed by atoms with E-state index >= 15 is 0 Å². The topological polar surface area (TPSA) is 72.2 Å². The highest BCUT2D eigenvalue weighted by atomic mass is 16.5. The Morgan fingerprint density at radius 2 is 1.90 bits per heavy atom. The van der Waals surface area contributed by atoms with Crippen molar-refractivity contribution < 1.29 is 18.7 Å². The highest BCUT2D eigenvalue weighted by Gasteiger charge is 2.34. The van der Waals surface area contributed by atoms with Crippen molar-refractivity contribution in [1.29, 1.82) is 0 Å². The summed E-state index contributed by atoms with van der Waals surface area (Å²) in [6.45, 7) is 6.04. The summed E-state index contributed by atoms with van der Waals surface area (Å²) < 4.78 is 16.9. The molecule has 2 fully saturated rings. The summed E-state index contributed by atoms with van der Waals surface area (Å²) in [5.41, 5.74) is 2.75. The van der Waals surface area contributed by atoms with Crippen LogP contribution in [0.25, 0.3) is 11.0 Å². The summed E-state index contributed by atoms with van der Waals surface area (Å²) in [7, 11) is 1.67. The molecule has 3 heterocycles. The minimum atomic E-state index is -0.341. The van der Waals surface area contributed by atoms with Crippen LogP contribution < -0.4 is 10.4 Å². The van der Waals surface area contributed by atoms with Gasteiger partial charge < -0.3 is 23.7 Å². The fourth-order valence-electron chi connectivity index (χ4n) is 6.30. The Hall–Kier alpha value is -3.16. The van der Waals surface area contributed by atoms with Gasteiger partial charge in [-0.1, -0.05) is 36.8 Å². The molecule has 2 unspecified atom stereocenters. The standard InChI is InChI=1S/C32H40N2O5/c1-23-27-14-13-26(20-30(27)39-32(36)28(23)19-24-9-4-3-5-10-24)38-22-31(35)34(17-18-37-2)21-25-11-8-16-33-15-7-6-12-29(25)33/h3-5,9-10,13-14,20,25,29H,6-8,11-12,15-19,21-22H2,1-2H3. The van der Waals surface area contributed by atoms with Crippen molar-refractivity contribution in [2.75, 3.05) is 46.5 Å². The van der Waals surface area contributed by atoms with Crippen LogP contribution in [0.1, 0.15) is 48.8 Å². The number of ether oxygens (including phenoxy) is 2. The first-order valence-corrected chi connectivity index (χ1v) is 14.3. The quantitative estimate of drug-likeness (QED) is 0.349. The Morgan fingerprint density at radius 1 is 1.08 bits per heavy atom. The molecule has 2 aromatic carbocycles. The maximum Gasteiger partial charge on any atom is 0.340 e. The monoisotopic (exact) mass is 532 g/mol. The maximum atomic E-state index is 13.3. The minimum Gasteiger partial charge on any atom is -0.484 e. The predicted octanol–water partition coefficient (Wildman–Crippen LogP) is 4.81. The number of aryl methyl sites for hydroxylation is 1. The number of methoxy groups -OCH3 is 1. The molecule has 5 rings (SSSR count). The molecule has 2 saturated heterocycles. The normalized spacial score (nSPS) is 19.5. The van der Waals surface area contributed by atoms with Crippen LogP contribution in [0.15, 0.2) is 57.7 Å². The number of hydrogen-bond donors (Lipinski definition) is 0. The zero-order valence-electron chi connectivity index (χ0n) is 23.2. The first kappa shape index (κ1) is 27.4. The molecule has 3 aromatic rings. The second kappa shape index (κ2) is 12.8. The number of carbonyl (C=O) groups is 1. The van der Waals surface area contributed by atoms with Gasteiger partial charge in [0.15, 0.2) is 6.61 Å². The number of fused-ring (bicyclic) bond motifs is 2. The Balaban J connectivity index is 1.26. The highest BCUT2D eigenvalue weighted by Crippen LogP contribution is 2.31. The molecule has 0 spiro atoms. The smallest absolute Gasteiger partial charge is 0.340 e. The molecule has 39 heavy (non-hydrogen) atoms. The number of hydrogen-bond acceptors (Lipinski definition) is 6. The third-order valence-corrected chi connectivity index (χ3v) is 8.45. The lowest BCUT2D eigenvalue weighted by Gasteiger charge is -2.45. The average Bonchev–Trinajstić information content (AvgIpc) is 2.96. The fourth-order valence-corrected chi connectivity index (χ4v) is 6.30. The fraction of sp³-hybridized carbons (Fsp3) is 0.500. The van der Waals surface area contributed by atoms with Gasteiger partial charge in [-0.05, 0) is 74.9 Å². The summed E-state index contributed by atoms with van der Waals surface area (Å²) in [4.78, 5) is 30.7. The molecule has 1 amide bonds. The van der Waals surface area contributed by atoms with Crippen LogP contribution in [0.5, 0.6) is 5.75 Å². The zero-order valence-corrected chi connectivity index (χ0v) is 23.2. The van der Waals surface area contributed by atoms with E-state index in [0.29, 0.717) is 48.4 Å². The van der Waals surface area contributed by atoms with Crippen molar-refractivity contribution in [3.05, 3.63) is 75.6 Å². The maximum absolute atomic E-state index is 13.3.